The highest BCUT2D eigenvalue weighted by atomic mass is 16.5. The number of ether oxygens (including phenoxy) is 2. The van der Waals surface area contributed by atoms with Crippen LogP contribution in [0.5, 0.6) is 5.75 Å². The second-order valence-corrected chi connectivity index (χ2v) is 6.83. The zero-order valence-corrected chi connectivity index (χ0v) is 17.3. The van der Waals surface area contributed by atoms with Crippen LogP contribution in [0, 0.1) is 6.92 Å². The van der Waals surface area contributed by atoms with Gasteiger partial charge in [-0.2, -0.15) is 5.10 Å². The molecule has 0 radical (unpaired) electrons. The van der Waals surface area contributed by atoms with Crippen molar-refractivity contribution in [2.24, 2.45) is 0 Å². The Morgan fingerprint density at radius 2 is 2.03 bits per heavy atom. The van der Waals surface area contributed by atoms with Crippen LogP contribution in [0.15, 0.2) is 41.7 Å². The SMILES string of the molecule is CCn1cc(COc2ccc(NC3=C(C(=O)OC)CN(CCO)C3=O)cc2)c(C)n1. The average Bonchev–Trinajstić information content (AvgIpc) is 3.27. The summed E-state index contributed by atoms with van der Waals surface area (Å²) in [5, 5.41) is 16.5. The molecule has 1 aromatic carbocycles. The van der Waals surface area contributed by atoms with Crippen LogP contribution in [-0.2, 0) is 27.5 Å². The standard InChI is InChI=1S/C21H26N4O5/c1-4-25-11-15(14(2)23-25)13-30-17-7-5-16(6-8-17)22-19-18(21(28)29-3)12-24(9-10-26)20(19)27/h5-8,11,22,26H,4,9-10,12-13H2,1-3H3. The van der Waals surface area contributed by atoms with Crippen LogP contribution < -0.4 is 10.1 Å². The quantitative estimate of drug-likeness (QED) is 0.599. The third kappa shape index (κ3) is 4.62. The number of nitrogens with zero attached hydrogens (tertiary/aromatic N) is 3. The number of rotatable bonds is 9. The number of amides is 1. The summed E-state index contributed by atoms with van der Waals surface area (Å²) in [4.78, 5) is 26.0. The molecule has 3 rings (SSSR count). The highest BCUT2D eigenvalue weighted by Gasteiger charge is 2.34. The number of anilines is 1. The van der Waals surface area contributed by atoms with E-state index in [0.29, 0.717) is 18.0 Å². The highest BCUT2D eigenvalue weighted by Crippen LogP contribution is 2.24. The van der Waals surface area contributed by atoms with E-state index in [1.54, 1.807) is 24.3 Å². The first-order valence-corrected chi connectivity index (χ1v) is 9.71. The lowest BCUT2D eigenvalue weighted by Gasteiger charge is -2.15. The van der Waals surface area contributed by atoms with Crippen molar-refractivity contribution in [3.05, 3.63) is 53.0 Å². The summed E-state index contributed by atoms with van der Waals surface area (Å²) in [6, 6.07) is 7.10. The first-order valence-electron chi connectivity index (χ1n) is 9.71. The minimum absolute atomic E-state index is 0.0976. The van der Waals surface area contributed by atoms with Gasteiger partial charge in [0.1, 0.15) is 18.1 Å². The predicted octanol–water partition coefficient (Wildman–Crippen LogP) is 1.46. The predicted molar refractivity (Wildman–Crippen MR) is 110 cm³/mol. The number of carbonyl (C=O) groups is 2. The Morgan fingerprint density at radius 1 is 1.30 bits per heavy atom. The Morgan fingerprint density at radius 3 is 2.63 bits per heavy atom. The van der Waals surface area contributed by atoms with E-state index >= 15 is 0 Å². The zero-order chi connectivity index (χ0) is 21.7. The molecule has 2 heterocycles. The molecule has 1 aliphatic heterocycles. The van der Waals surface area contributed by atoms with Gasteiger partial charge < -0.3 is 24.8 Å². The summed E-state index contributed by atoms with van der Waals surface area (Å²) in [5.74, 6) is -0.256. The fourth-order valence-electron chi connectivity index (χ4n) is 3.15. The maximum absolute atomic E-state index is 12.6. The van der Waals surface area contributed by atoms with Crippen molar-refractivity contribution >= 4 is 17.6 Å². The second kappa shape index (κ2) is 9.45. The minimum atomic E-state index is -0.575. The van der Waals surface area contributed by atoms with Crippen LogP contribution in [0.4, 0.5) is 5.69 Å². The molecule has 0 saturated heterocycles. The molecule has 0 spiro atoms. The molecule has 0 bridgehead atoms. The third-order valence-electron chi connectivity index (χ3n) is 4.84. The molecule has 1 aromatic heterocycles. The molecule has 1 aliphatic rings. The van der Waals surface area contributed by atoms with Crippen LogP contribution in [0.3, 0.4) is 0 Å². The largest absolute Gasteiger partial charge is 0.489 e. The van der Waals surface area contributed by atoms with Crippen LogP contribution in [-0.4, -0.2) is 58.5 Å². The first kappa shape index (κ1) is 21.4. The number of aromatic nitrogens is 2. The van der Waals surface area contributed by atoms with E-state index in [1.807, 2.05) is 24.7 Å². The van der Waals surface area contributed by atoms with Crippen molar-refractivity contribution in [1.82, 2.24) is 14.7 Å². The molecule has 2 N–H and O–H groups in total. The van der Waals surface area contributed by atoms with Crippen molar-refractivity contribution in [1.29, 1.82) is 0 Å². The molecule has 0 aliphatic carbocycles. The van der Waals surface area contributed by atoms with Crippen LogP contribution in [0.2, 0.25) is 0 Å². The van der Waals surface area contributed by atoms with Gasteiger partial charge in [0.25, 0.3) is 5.91 Å². The number of methoxy groups -OCH3 is 1. The Labute approximate surface area is 174 Å². The second-order valence-electron chi connectivity index (χ2n) is 6.83. The lowest BCUT2D eigenvalue weighted by molar-refractivity contribution is -0.136. The molecule has 0 unspecified atom stereocenters. The summed E-state index contributed by atoms with van der Waals surface area (Å²) < 4.78 is 12.5. The maximum atomic E-state index is 12.6. The fourth-order valence-corrected chi connectivity index (χ4v) is 3.15. The molecular weight excluding hydrogens is 388 g/mol. The molecule has 160 valence electrons. The van der Waals surface area contributed by atoms with Gasteiger partial charge in [-0.3, -0.25) is 9.48 Å². The van der Waals surface area contributed by atoms with Gasteiger partial charge >= 0.3 is 5.97 Å². The Balaban J connectivity index is 1.68. The molecule has 0 atom stereocenters. The van der Waals surface area contributed by atoms with E-state index in [0.717, 1.165) is 17.8 Å². The summed E-state index contributed by atoms with van der Waals surface area (Å²) >= 11 is 0. The zero-order valence-electron chi connectivity index (χ0n) is 17.3. The topological polar surface area (TPSA) is 106 Å². The Bertz CT molecular complexity index is 949. The summed E-state index contributed by atoms with van der Waals surface area (Å²) in [6.45, 7) is 5.25. The van der Waals surface area contributed by atoms with E-state index in [4.69, 9.17) is 14.6 Å². The van der Waals surface area contributed by atoms with Gasteiger partial charge in [0.05, 0.1) is 31.5 Å². The molecule has 0 fully saturated rings. The van der Waals surface area contributed by atoms with Gasteiger partial charge in [-0.15, -0.1) is 0 Å². The van der Waals surface area contributed by atoms with E-state index in [-0.39, 0.29) is 36.9 Å². The number of aliphatic hydroxyl groups is 1. The van der Waals surface area contributed by atoms with Crippen molar-refractivity contribution in [2.75, 3.05) is 32.1 Å². The van der Waals surface area contributed by atoms with Crippen LogP contribution >= 0.6 is 0 Å². The number of aryl methyl sites for hydroxylation is 2. The van der Waals surface area contributed by atoms with Gasteiger partial charge in [0, 0.05) is 30.5 Å². The normalized spacial score (nSPS) is 13.7. The summed E-state index contributed by atoms with van der Waals surface area (Å²) in [5.41, 5.74) is 2.98. The molecule has 2 aromatic rings. The lowest BCUT2D eigenvalue weighted by Crippen LogP contribution is -2.31. The maximum Gasteiger partial charge on any atom is 0.337 e. The molecular formula is C21H26N4O5. The van der Waals surface area contributed by atoms with Gasteiger partial charge in [-0.1, -0.05) is 0 Å². The Kier molecular flexibility index (Phi) is 6.73. The summed E-state index contributed by atoms with van der Waals surface area (Å²) in [7, 11) is 1.27. The lowest BCUT2D eigenvalue weighted by atomic mass is 10.2. The highest BCUT2D eigenvalue weighted by molar-refractivity contribution is 6.08. The average molecular weight is 414 g/mol. The molecule has 9 nitrogen and oxygen atoms in total. The van der Waals surface area contributed by atoms with E-state index < -0.39 is 5.97 Å². The van der Waals surface area contributed by atoms with Crippen molar-refractivity contribution in [2.45, 2.75) is 27.0 Å². The van der Waals surface area contributed by atoms with E-state index in [2.05, 4.69) is 10.4 Å². The number of β-amino-alcohol motifs (C(OH)–C–C–N with tert-alkyl or cyclic N) is 1. The van der Waals surface area contributed by atoms with Crippen LogP contribution in [0.25, 0.3) is 0 Å². The number of aliphatic hydroxyl groups excluding tert-OH is 1. The number of carbonyl (C=O) groups excluding carboxylic acids is 2. The van der Waals surface area contributed by atoms with E-state index in [1.165, 1.54) is 12.0 Å². The van der Waals surface area contributed by atoms with Gasteiger partial charge in [-0.05, 0) is 38.1 Å². The monoisotopic (exact) mass is 414 g/mol. The van der Waals surface area contributed by atoms with Crippen molar-refractivity contribution in [3.63, 3.8) is 0 Å². The third-order valence-corrected chi connectivity index (χ3v) is 4.84. The number of benzene rings is 1. The number of nitrogens with one attached hydrogen (secondary N) is 1. The van der Waals surface area contributed by atoms with Crippen LogP contribution in [0.1, 0.15) is 18.2 Å². The van der Waals surface area contributed by atoms with E-state index in [9.17, 15) is 9.59 Å². The Hall–Kier alpha value is -3.33. The summed E-state index contributed by atoms with van der Waals surface area (Å²) in [6.07, 6.45) is 1.97. The number of hydrogen-bond donors (Lipinski definition) is 2. The van der Waals surface area contributed by atoms with Gasteiger partial charge in [-0.25, -0.2) is 4.79 Å². The smallest absolute Gasteiger partial charge is 0.337 e. The first-order chi connectivity index (χ1) is 14.5. The number of esters is 1. The van der Waals surface area contributed by atoms with Crippen molar-refractivity contribution in [3.8, 4) is 5.75 Å². The minimum Gasteiger partial charge on any atom is -0.489 e. The van der Waals surface area contributed by atoms with Gasteiger partial charge in [0.15, 0.2) is 0 Å². The fraction of sp³-hybridized carbons (Fsp3) is 0.381. The van der Waals surface area contributed by atoms with Crippen molar-refractivity contribution < 1.29 is 24.2 Å². The van der Waals surface area contributed by atoms with Gasteiger partial charge in [0.2, 0.25) is 0 Å². The number of hydrogen-bond acceptors (Lipinski definition) is 7. The molecule has 9 heteroatoms. The molecule has 0 saturated carbocycles. The molecule has 1 amide bonds. The molecule has 30 heavy (non-hydrogen) atoms.